The first kappa shape index (κ1) is 20.7. The number of hydrogen-bond donors (Lipinski definition) is 1. The van der Waals surface area contributed by atoms with Crippen molar-refractivity contribution in [3.63, 3.8) is 0 Å². The molecule has 1 aliphatic heterocycles. The van der Waals surface area contributed by atoms with E-state index in [0.29, 0.717) is 36.7 Å². The second-order valence-electron chi connectivity index (χ2n) is 6.39. The standard InChI is InChI=1S/C20H24N2O4S2/c1-3-26-18-11-8-16(14-19(18)28(24,25)22-12-4-5-13-22)21-20(23)15-6-9-17(27-2)10-7-15/h6-11,14H,3-5,12-13H2,1-2H3,(H,21,23). The van der Waals surface area contributed by atoms with Crippen LogP contribution in [0.1, 0.15) is 30.1 Å². The molecule has 3 rings (SSSR count). The molecule has 150 valence electrons. The van der Waals surface area contributed by atoms with E-state index in [1.54, 1.807) is 43.0 Å². The fourth-order valence-electron chi connectivity index (χ4n) is 3.08. The smallest absolute Gasteiger partial charge is 0.255 e. The maximum atomic E-state index is 13.0. The Kier molecular flexibility index (Phi) is 6.64. The Hall–Kier alpha value is -2.03. The Labute approximate surface area is 170 Å². The van der Waals surface area contributed by atoms with Crippen molar-refractivity contribution in [2.45, 2.75) is 29.6 Å². The highest BCUT2D eigenvalue weighted by Gasteiger charge is 2.30. The number of ether oxygens (including phenoxy) is 1. The van der Waals surface area contributed by atoms with E-state index in [-0.39, 0.29) is 10.8 Å². The number of rotatable bonds is 7. The molecule has 2 aromatic carbocycles. The first-order valence-corrected chi connectivity index (χ1v) is 11.8. The SMILES string of the molecule is CCOc1ccc(NC(=O)c2ccc(SC)cc2)cc1S(=O)(=O)N1CCCC1. The lowest BCUT2D eigenvalue weighted by atomic mass is 10.2. The van der Waals surface area contributed by atoms with Gasteiger partial charge in [-0.3, -0.25) is 4.79 Å². The number of hydrogen-bond acceptors (Lipinski definition) is 5. The van der Waals surface area contributed by atoms with Crippen LogP contribution in [0.5, 0.6) is 5.75 Å². The Balaban J connectivity index is 1.88. The van der Waals surface area contributed by atoms with Gasteiger partial charge >= 0.3 is 0 Å². The quantitative estimate of drug-likeness (QED) is 0.689. The second-order valence-corrected chi connectivity index (χ2v) is 9.17. The van der Waals surface area contributed by atoms with Gasteiger partial charge in [0.25, 0.3) is 5.91 Å². The van der Waals surface area contributed by atoms with Gasteiger partial charge in [0, 0.05) is 29.2 Å². The van der Waals surface area contributed by atoms with Crippen LogP contribution in [0, 0.1) is 0 Å². The Bertz CT molecular complexity index is 937. The molecule has 0 saturated carbocycles. The number of nitrogens with one attached hydrogen (secondary N) is 1. The van der Waals surface area contributed by atoms with Crippen molar-refractivity contribution in [2.75, 3.05) is 31.3 Å². The Morgan fingerprint density at radius 2 is 1.82 bits per heavy atom. The van der Waals surface area contributed by atoms with Gasteiger partial charge in [-0.05, 0) is 68.5 Å². The van der Waals surface area contributed by atoms with E-state index in [1.165, 1.54) is 10.4 Å². The molecule has 0 bridgehead atoms. The summed E-state index contributed by atoms with van der Waals surface area (Å²) in [5.41, 5.74) is 0.927. The van der Waals surface area contributed by atoms with Crippen LogP contribution >= 0.6 is 11.8 Å². The molecule has 0 aromatic heterocycles. The molecule has 28 heavy (non-hydrogen) atoms. The maximum Gasteiger partial charge on any atom is 0.255 e. The van der Waals surface area contributed by atoms with Crippen LogP contribution in [0.4, 0.5) is 5.69 Å². The van der Waals surface area contributed by atoms with Crippen LogP contribution in [0.3, 0.4) is 0 Å². The van der Waals surface area contributed by atoms with Crippen molar-refractivity contribution in [1.29, 1.82) is 0 Å². The minimum atomic E-state index is -3.67. The van der Waals surface area contributed by atoms with Gasteiger partial charge in [-0.2, -0.15) is 4.31 Å². The van der Waals surface area contributed by atoms with Crippen molar-refractivity contribution in [3.8, 4) is 5.75 Å². The number of sulfonamides is 1. The average Bonchev–Trinajstić information content (AvgIpc) is 3.25. The highest BCUT2D eigenvalue weighted by Crippen LogP contribution is 2.31. The molecule has 1 aliphatic rings. The molecule has 0 atom stereocenters. The molecule has 1 fully saturated rings. The third-order valence-electron chi connectivity index (χ3n) is 4.54. The first-order chi connectivity index (χ1) is 13.5. The molecule has 1 N–H and O–H groups in total. The van der Waals surface area contributed by atoms with E-state index in [1.807, 2.05) is 18.4 Å². The minimum Gasteiger partial charge on any atom is -0.492 e. The van der Waals surface area contributed by atoms with Gasteiger partial charge in [0.1, 0.15) is 10.6 Å². The molecule has 0 unspecified atom stereocenters. The third-order valence-corrected chi connectivity index (χ3v) is 7.20. The molecule has 1 saturated heterocycles. The molecule has 1 amide bonds. The van der Waals surface area contributed by atoms with E-state index in [4.69, 9.17) is 4.74 Å². The molecule has 6 nitrogen and oxygen atoms in total. The summed E-state index contributed by atoms with van der Waals surface area (Å²) in [6.45, 7) is 3.18. The third kappa shape index (κ3) is 4.51. The average molecular weight is 421 g/mol. The number of anilines is 1. The maximum absolute atomic E-state index is 13.0. The summed E-state index contributed by atoms with van der Waals surface area (Å²) >= 11 is 1.60. The second kappa shape index (κ2) is 8.98. The molecular weight excluding hydrogens is 396 g/mol. The van der Waals surface area contributed by atoms with Crippen LogP contribution in [-0.4, -0.2) is 44.6 Å². The highest BCUT2D eigenvalue weighted by atomic mass is 32.2. The monoisotopic (exact) mass is 420 g/mol. The minimum absolute atomic E-state index is 0.0896. The van der Waals surface area contributed by atoms with E-state index in [9.17, 15) is 13.2 Å². The van der Waals surface area contributed by atoms with Crippen molar-refractivity contribution >= 4 is 33.4 Å². The molecule has 0 radical (unpaired) electrons. The zero-order valence-corrected chi connectivity index (χ0v) is 17.6. The fraction of sp³-hybridized carbons (Fsp3) is 0.350. The molecule has 2 aromatic rings. The van der Waals surface area contributed by atoms with Gasteiger partial charge in [0.2, 0.25) is 10.0 Å². The summed E-state index contributed by atoms with van der Waals surface area (Å²) in [5, 5.41) is 2.78. The topological polar surface area (TPSA) is 75.7 Å². The van der Waals surface area contributed by atoms with Crippen molar-refractivity contribution in [1.82, 2.24) is 4.31 Å². The number of benzene rings is 2. The predicted octanol–water partition coefficient (Wildman–Crippen LogP) is 3.84. The molecule has 1 heterocycles. The number of amides is 1. The van der Waals surface area contributed by atoms with Gasteiger partial charge < -0.3 is 10.1 Å². The predicted molar refractivity (Wildman–Crippen MR) is 112 cm³/mol. The van der Waals surface area contributed by atoms with Crippen LogP contribution in [0.15, 0.2) is 52.3 Å². The summed E-state index contributed by atoms with van der Waals surface area (Å²) in [5.74, 6) is 0.0121. The normalized spacial score (nSPS) is 14.8. The van der Waals surface area contributed by atoms with Gasteiger partial charge in [-0.25, -0.2) is 8.42 Å². The van der Waals surface area contributed by atoms with Crippen molar-refractivity contribution < 1.29 is 17.9 Å². The molecular formula is C20H24N2O4S2. The molecule has 0 aliphatic carbocycles. The lowest BCUT2D eigenvalue weighted by Gasteiger charge is -2.19. The van der Waals surface area contributed by atoms with E-state index in [0.717, 1.165) is 17.7 Å². The lowest BCUT2D eigenvalue weighted by Crippen LogP contribution is -2.28. The Morgan fingerprint density at radius 1 is 1.14 bits per heavy atom. The Morgan fingerprint density at radius 3 is 2.43 bits per heavy atom. The fourth-order valence-corrected chi connectivity index (χ4v) is 5.16. The van der Waals surface area contributed by atoms with E-state index < -0.39 is 10.0 Å². The van der Waals surface area contributed by atoms with Crippen LogP contribution in [-0.2, 0) is 10.0 Å². The van der Waals surface area contributed by atoms with E-state index in [2.05, 4.69) is 5.32 Å². The summed E-state index contributed by atoms with van der Waals surface area (Å²) in [7, 11) is -3.67. The molecule has 8 heteroatoms. The van der Waals surface area contributed by atoms with Gasteiger partial charge in [-0.15, -0.1) is 11.8 Å². The van der Waals surface area contributed by atoms with Crippen molar-refractivity contribution in [2.24, 2.45) is 0 Å². The number of thioether (sulfide) groups is 1. The largest absolute Gasteiger partial charge is 0.492 e. The summed E-state index contributed by atoms with van der Waals surface area (Å²) in [4.78, 5) is 13.7. The van der Waals surface area contributed by atoms with Gasteiger partial charge in [0.15, 0.2) is 0 Å². The molecule has 0 spiro atoms. The zero-order chi connectivity index (χ0) is 20.1. The van der Waals surface area contributed by atoms with Gasteiger partial charge in [-0.1, -0.05) is 0 Å². The number of nitrogens with zero attached hydrogens (tertiary/aromatic N) is 1. The van der Waals surface area contributed by atoms with Crippen LogP contribution < -0.4 is 10.1 Å². The van der Waals surface area contributed by atoms with Crippen LogP contribution in [0.2, 0.25) is 0 Å². The summed E-state index contributed by atoms with van der Waals surface area (Å²) < 4.78 is 33.1. The number of carbonyl (C=O) groups is 1. The first-order valence-electron chi connectivity index (χ1n) is 9.18. The van der Waals surface area contributed by atoms with E-state index >= 15 is 0 Å². The number of carbonyl (C=O) groups excluding carboxylic acids is 1. The zero-order valence-electron chi connectivity index (χ0n) is 16.0. The van der Waals surface area contributed by atoms with Crippen molar-refractivity contribution in [3.05, 3.63) is 48.0 Å². The summed E-state index contributed by atoms with van der Waals surface area (Å²) in [6.07, 6.45) is 3.68. The lowest BCUT2D eigenvalue weighted by molar-refractivity contribution is 0.102. The van der Waals surface area contributed by atoms with Crippen LogP contribution in [0.25, 0.3) is 0 Å². The highest BCUT2D eigenvalue weighted by molar-refractivity contribution is 7.98. The van der Waals surface area contributed by atoms with Gasteiger partial charge in [0.05, 0.1) is 6.61 Å². The summed E-state index contributed by atoms with van der Waals surface area (Å²) in [6, 6.07) is 12.0.